The second-order valence-electron chi connectivity index (χ2n) is 5.14. The average Bonchev–Trinajstić information content (AvgIpc) is 2.87. The van der Waals surface area contributed by atoms with Crippen LogP contribution in [0.5, 0.6) is 0 Å². The standard InChI is InChI=1S/C14H23NO/c1-2-3-4-10-15-11-6-8-13(15)12-7-5-9-14(12)16/h2,12-13H,1,3-11H2. The summed E-state index contributed by atoms with van der Waals surface area (Å²) in [6.07, 6.45) is 9.91. The van der Waals surface area contributed by atoms with Crippen LogP contribution in [-0.2, 0) is 4.79 Å². The van der Waals surface area contributed by atoms with Crippen LogP contribution in [-0.4, -0.2) is 29.8 Å². The van der Waals surface area contributed by atoms with Crippen LogP contribution in [0.2, 0.25) is 0 Å². The molecule has 0 aromatic carbocycles. The van der Waals surface area contributed by atoms with Crippen LogP contribution in [0.25, 0.3) is 0 Å². The van der Waals surface area contributed by atoms with Gasteiger partial charge in [0.25, 0.3) is 0 Å². The molecular weight excluding hydrogens is 198 g/mol. The zero-order chi connectivity index (χ0) is 11.4. The van der Waals surface area contributed by atoms with E-state index < -0.39 is 0 Å². The van der Waals surface area contributed by atoms with Crippen molar-refractivity contribution in [2.24, 2.45) is 5.92 Å². The highest BCUT2D eigenvalue weighted by molar-refractivity contribution is 5.83. The quantitative estimate of drug-likeness (QED) is 0.525. The highest BCUT2D eigenvalue weighted by Gasteiger charge is 2.37. The van der Waals surface area contributed by atoms with E-state index in [2.05, 4.69) is 11.5 Å². The van der Waals surface area contributed by atoms with Crippen molar-refractivity contribution in [3.8, 4) is 0 Å². The Labute approximate surface area is 98.7 Å². The van der Waals surface area contributed by atoms with Crippen LogP contribution < -0.4 is 0 Å². The number of carbonyl (C=O) groups excluding carboxylic acids is 1. The van der Waals surface area contributed by atoms with E-state index in [4.69, 9.17) is 0 Å². The number of ketones is 1. The van der Waals surface area contributed by atoms with E-state index in [-0.39, 0.29) is 0 Å². The number of unbranched alkanes of at least 4 members (excludes halogenated alkanes) is 1. The van der Waals surface area contributed by atoms with Crippen molar-refractivity contribution in [1.82, 2.24) is 4.90 Å². The molecule has 1 aliphatic heterocycles. The van der Waals surface area contributed by atoms with E-state index in [9.17, 15) is 4.79 Å². The first kappa shape index (κ1) is 11.8. The molecule has 0 amide bonds. The van der Waals surface area contributed by atoms with E-state index in [1.165, 1.54) is 25.8 Å². The van der Waals surface area contributed by atoms with Crippen molar-refractivity contribution in [2.45, 2.75) is 51.0 Å². The first-order valence-corrected chi connectivity index (χ1v) is 6.70. The number of likely N-dealkylation sites (tertiary alicyclic amines) is 1. The van der Waals surface area contributed by atoms with Gasteiger partial charge in [-0.25, -0.2) is 0 Å². The van der Waals surface area contributed by atoms with Gasteiger partial charge in [-0.15, -0.1) is 6.58 Å². The molecule has 0 N–H and O–H groups in total. The fraction of sp³-hybridized carbons (Fsp3) is 0.786. The molecule has 0 spiro atoms. The van der Waals surface area contributed by atoms with Crippen LogP contribution >= 0.6 is 0 Å². The number of allylic oxidation sites excluding steroid dienone is 1. The molecule has 2 unspecified atom stereocenters. The maximum atomic E-state index is 11.8. The summed E-state index contributed by atoms with van der Waals surface area (Å²) in [6.45, 7) is 6.11. The second-order valence-corrected chi connectivity index (χ2v) is 5.14. The smallest absolute Gasteiger partial charge is 0.137 e. The highest BCUT2D eigenvalue weighted by Crippen LogP contribution is 2.33. The zero-order valence-corrected chi connectivity index (χ0v) is 10.2. The Morgan fingerprint density at radius 2 is 2.25 bits per heavy atom. The lowest BCUT2D eigenvalue weighted by atomic mass is 9.95. The summed E-state index contributed by atoms with van der Waals surface area (Å²) in [5.74, 6) is 0.895. The molecule has 2 fully saturated rings. The number of hydrogen-bond donors (Lipinski definition) is 0. The summed E-state index contributed by atoms with van der Waals surface area (Å²) in [4.78, 5) is 14.3. The molecule has 90 valence electrons. The van der Waals surface area contributed by atoms with Gasteiger partial charge in [-0.3, -0.25) is 9.69 Å². The van der Waals surface area contributed by atoms with Gasteiger partial charge < -0.3 is 0 Å². The van der Waals surface area contributed by atoms with Gasteiger partial charge in [-0.05, 0) is 51.6 Å². The average molecular weight is 221 g/mol. The first-order valence-electron chi connectivity index (χ1n) is 6.70. The second kappa shape index (κ2) is 5.62. The topological polar surface area (TPSA) is 20.3 Å². The fourth-order valence-corrected chi connectivity index (χ4v) is 3.27. The van der Waals surface area contributed by atoms with Gasteiger partial charge in [0, 0.05) is 18.4 Å². The van der Waals surface area contributed by atoms with Gasteiger partial charge in [0.05, 0.1) is 0 Å². The Morgan fingerprint density at radius 1 is 1.38 bits per heavy atom. The first-order chi connectivity index (χ1) is 7.83. The monoisotopic (exact) mass is 221 g/mol. The van der Waals surface area contributed by atoms with E-state index in [1.54, 1.807) is 0 Å². The summed E-state index contributed by atoms with van der Waals surface area (Å²) in [6, 6.07) is 0.569. The third kappa shape index (κ3) is 2.54. The minimum Gasteiger partial charge on any atom is -0.300 e. The molecule has 2 heteroatoms. The Balaban J connectivity index is 1.87. The lowest BCUT2D eigenvalue weighted by molar-refractivity contribution is -0.122. The summed E-state index contributed by atoms with van der Waals surface area (Å²) in [5, 5.41) is 0. The minimum absolute atomic E-state index is 0.367. The Morgan fingerprint density at radius 3 is 2.94 bits per heavy atom. The van der Waals surface area contributed by atoms with Crippen molar-refractivity contribution in [2.75, 3.05) is 13.1 Å². The molecule has 16 heavy (non-hydrogen) atoms. The van der Waals surface area contributed by atoms with Crippen molar-refractivity contribution >= 4 is 5.78 Å². The third-order valence-electron chi connectivity index (χ3n) is 4.08. The van der Waals surface area contributed by atoms with Crippen molar-refractivity contribution in [3.63, 3.8) is 0 Å². The molecule has 1 aliphatic carbocycles. The Kier molecular flexibility index (Phi) is 4.16. The highest BCUT2D eigenvalue weighted by atomic mass is 16.1. The van der Waals surface area contributed by atoms with Gasteiger partial charge in [-0.2, -0.15) is 0 Å². The Hall–Kier alpha value is -0.630. The summed E-state index contributed by atoms with van der Waals surface area (Å²) in [7, 11) is 0. The van der Waals surface area contributed by atoms with E-state index in [0.717, 1.165) is 32.2 Å². The molecule has 2 aliphatic rings. The Bertz CT molecular complexity index is 261. The van der Waals surface area contributed by atoms with Crippen LogP contribution in [0.1, 0.15) is 44.9 Å². The predicted molar refractivity (Wildman–Crippen MR) is 66.4 cm³/mol. The van der Waals surface area contributed by atoms with E-state index in [1.807, 2.05) is 6.08 Å². The molecule has 2 atom stereocenters. The van der Waals surface area contributed by atoms with Crippen LogP contribution in [0.3, 0.4) is 0 Å². The minimum atomic E-state index is 0.367. The molecule has 0 aromatic rings. The summed E-state index contributed by atoms with van der Waals surface area (Å²) >= 11 is 0. The summed E-state index contributed by atoms with van der Waals surface area (Å²) in [5.41, 5.74) is 0. The lowest BCUT2D eigenvalue weighted by Crippen LogP contribution is -2.37. The lowest BCUT2D eigenvalue weighted by Gasteiger charge is -2.28. The zero-order valence-electron chi connectivity index (χ0n) is 10.2. The molecule has 1 heterocycles. The SMILES string of the molecule is C=CCCCN1CCCC1C1CCCC1=O. The molecular formula is C14H23NO. The number of nitrogens with zero attached hydrogens (tertiary/aromatic N) is 1. The van der Waals surface area contributed by atoms with Crippen LogP contribution in [0, 0.1) is 5.92 Å². The van der Waals surface area contributed by atoms with Gasteiger partial charge in [0.2, 0.25) is 0 Å². The maximum absolute atomic E-state index is 11.8. The van der Waals surface area contributed by atoms with E-state index >= 15 is 0 Å². The molecule has 0 aromatic heterocycles. The summed E-state index contributed by atoms with van der Waals surface area (Å²) < 4.78 is 0. The largest absolute Gasteiger partial charge is 0.300 e. The molecule has 2 nitrogen and oxygen atoms in total. The predicted octanol–water partition coefficient (Wildman–Crippen LogP) is 2.79. The molecule has 2 rings (SSSR count). The third-order valence-corrected chi connectivity index (χ3v) is 4.08. The van der Waals surface area contributed by atoms with E-state index in [0.29, 0.717) is 17.7 Å². The van der Waals surface area contributed by atoms with Crippen LogP contribution in [0.15, 0.2) is 12.7 Å². The molecule has 0 bridgehead atoms. The molecule has 0 radical (unpaired) electrons. The van der Waals surface area contributed by atoms with Gasteiger partial charge in [0.1, 0.15) is 5.78 Å². The number of rotatable bonds is 5. The normalized spacial score (nSPS) is 31.1. The van der Waals surface area contributed by atoms with Crippen molar-refractivity contribution < 1.29 is 4.79 Å². The van der Waals surface area contributed by atoms with Gasteiger partial charge in [-0.1, -0.05) is 6.08 Å². The van der Waals surface area contributed by atoms with Crippen molar-refractivity contribution in [3.05, 3.63) is 12.7 Å². The van der Waals surface area contributed by atoms with Crippen molar-refractivity contribution in [1.29, 1.82) is 0 Å². The maximum Gasteiger partial charge on any atom is 0.137 e. The van der Waals surface area contributed by atoms with Crippen LogP contribution in [0.4, 0.5) is 0 Å². The number of hydrogen-bond acceptors (Lipinski definition) is 2. The number of carbonyl (C=O) groups is 1. The molecule has 1 saturated carbocycles. The van der Waals surface area contributed by atoms with Gasteiger partial charge >= 0.3 is 0 Å². The number of Topliss-reactive ketones (excluding diaryl/α,β-unsaturated/α-hetero) is 1. The molecule has 1 saturated heterocycles. The van der Waals surface area contributed by atoms with Gasteiger partial charge in [0.15, 0.2) is 0 Å². The fourth-order valence-electron chi connectivity index (χ4n) is 3.27.